The molecule has 0 aliphatic rings. The molecule has 0 aliphatic heterocycles. The normalized spacial score (nSPS) is 11.0. The molecule has 106 valence electrons. The third-order valence-electron chi connectivity index (χ3n) is 2.67. The minimum atomic E-state index is -1.20. The molecule has 21 heavy (non-hydrogen) atoms. The minimum Gasteiger partial charge on any atom is -0.477 e. The maximum Gasteiger partial charge on any atom is 0.352 e. The fourth-order valence-electron chi connectivity index (χ4n) is 1.70. The van der Waals surface area contributed by atoms with Crippen molar-refractivity contribution in [2.75, 3.05) is 0 Å². The first kappa shape index (κ1) is 15.0. The van der Waals surface area contributed by atoms with Gasteiger partial charge < -0.3 is 10.4 Å². The monoisotopic (exact) mass is 345 g/mol. The number of nitrogens with one attached hydrogen (secondary N) is 1. The Morgan fingerprint density at radius 2 is 1.76 bits per heavy atom. The topological polar surface area (TPSA) is 66.4 Å². The Morgan fingerprint density at radius 1 is 1.05 bits per heavy atom. The van der Waals surface area contributed by atoms with Gasteiger partial charge >= 0.3 is 5.97 Å². The fourth-order valence-corrected chi connectivity index (χ4v) is 2.12. The summed E-state index contributed by atoms with van der Waals surface area (Å²) in [6, 6.07) is 15.6. The van der Waals surface area contributed by atoms with E-state index in [9.17, 15) is 14.7 Å². The number of carboxylic acids is 1. The summed E-state index contributed by atoms with van der Waals surface area (Å²) >= 11 is 3.31. The van der Waals surface area contributed by atoms with Crippen molar-refractivity contribution in [2.24, 2.45) is 0 Å². The van der Waals surface area contributed by atoms with Crippen molar-refractivity contribution in [3.05, 3.63) is 75.9 Å². The van der Waals surface area contributed by atoms with Crippen molar-refractivity contribution in [3.63, 3.8) is 0 Å². The summed E-state index contributed by atoms with van der Waals surface area (Å²) < 4.78 is 0.829. The zero-order valence-corrected chi connectivity index (χ0v) is 12.5. The maximum atomic E-state index is 12.0. The Hall–Kier alpha value is -2.40. The number of carbonyl (C=O) groups is 2. The van der Waals surface area contributed by atoms with E-state index in [2.05, 4.69) is 21.2 Å². The van der Waals surface area contributed by atoms with E-state index in [1.54, 1.807) is 48.5 Å². The van der Waals surface area contributed by atoms with Gasteiger partial charge in [-0.2, -0.15) is 0 Å². The number of amides is 1. The largest absolute Gasteiger partial charge is 0.477 e. The highest BCUT2D eigenvalue weighted by Gasteiger charge is 2.13. The molecular weight excluding hydrogens is 334 g/mol. The molecule has 0 saturated carbocycles. The van der Waals surface area contributed by atoms with Crippen LogP contribution in [0, 0.1) is 0 Å². The molecule has 0 heterocycles. The first-order valence-corrected chi connectivity index (χ1v) is 6.92. The van der Waals surface area contributed by atoms with E-state index in [4.69, 9.17) is 0 Å². The summed E-state index contributed by atoms with van der Waals surface area (Å²) in [6.07, 6.45) is 1.41. The van der Waals surface area contributed by atoms with Crippen LogP contribution in [0.3, 0.4) is 0 Å². The second kappa shape index (κ2) is 6.85. The first-order valence-electron chi connectivity index (χ1n) is 6.13. The van der Waals surface area contributed by atoms with E-state index in [1.807, 2.05) is 6.07 Å². The zero-order chi connectivity index (χ0) is 15.2. The van der Waals surface area contributed by atoms with Crippen LogP contribution >= 0.6 is 15.9 Å². The highest BCUT2D eigenvalue weighted by atomic mass is 79.9. The Labute approximate surface area is 130 Å². The summed E-state index contributed by atoms with van der Waals surface area (Å²) in [4.78, 5) is 23.3. The molecule has 0 fully saturated rings. The molecule has 0 aliphatic carbocycles. The molecule has 0 radical (unpaired) electrons. The highest BCUT2D eigenvalue weighted by molar-refractivity contribution is 9.10. The number of halogens is 1. The summed E-state index contributed by atoms with van der Waals surface area (Å²) in [7, 11) is 0. The van der Waals surface area contributed by atoms with Gasteiger partial charge in [0.2, 0.25) is 0 Å². The molecule has 0 unspecified atom stereocenters. The quantitative estimate of drug-likeness (QED) is 0.835. The van der Waals surface area contributed by atoms with Crippen molar-refractivity contribution in [1.29, 1.82) is 0 Å². The van der Waals surface area contributed by atoms with Gasteiger partial charge in [-0.3, -0.25) is 4.79 Å². The van der Waals surface area contributed by atoms with Gasteiger partial charge in [-0.05, 0) is 35.9 Å². The van der Waals surface area contributed by atoms with E-state index in [1.165, 1.54) is 6.08 Å². The van der Waals surface area contributed by atoms with Crippen LogP contribution in [-0.4, -0.2) is 17.0 Å². The standard InChI is InChI=1S/C16H12BrNO3/c17-13-8-4-5-11(9-13)10-14(16(20)21)18-15(19)12-6-2-1-3-7-12/h1-10H,(H,18,19)(H,20,21). The smallest absolute Gasteiger partial charge is 0.352 e. The van der Waals surface area contributed by atoms with Gasteiger partial charge in [0, 0.05) is 10.0 Å². The predicted molar refractivity (Wildman–Crippen MR) is 83.7 cm³/mol. The lowest BCUT2D eigenvalue weighted by Crippen LogP contribution is -2.27. The van der Waals surface area contributed by atoms with E-state index in [-0.39, 0.29) is 5.70 Å². The average Bonchev–Trinajstić information content (AvgIpc) is 2.47. The Morgan fingerprint density at radius 3 is 2.38 bits per heavy atom. The molecule has 4 nitrogen and oxygen atoms in total. The number of carboxylic acid groups (broad SMARTS) is 1. The van der Waals surface area contributed by atoms with Gasteiger partial charge in [-0.1, -0.05) is 46.3 Å². The van der Waals surface area contributed by atoms with E-state index >= 15 is 0 Å². The first-order chi connectivity index (χ1) is 10.1. The number of carbonyl (C=O) groups excluding carboxylic acids is 1. The van der Waals surface area contributed by atoms with Crippen LogP contribution in [0.2, 0.25) is 0 Å². The van der Waals surface area contributed by atoms with Crippen LogP contribution in [0.1, 0.15) is 15.9 Å². The SMILES string of the molecule is O=C(O)C(=Cc1cccc(Br)c1)NC(=O)c1ccccc1. The summed E-state index contributed by atoms with van der Waals surface area (Å²) in [5, 5.41) is 11.6. The van der Waals surface area contributed by atoms with Crippen molar-refractivity contribution in [2.45, 2.75) is 0 Å². The van der Waals surface area contributed by atoms with Gasteiger partial charge in [-0.15, -0.1) is 0 Å². The molecule has 0 spiro atoms. The molecule has 2 aromatic carbocycles. The van der Waals surface area contributed by atoms with Crippen molar-refractivity contribution < 1.29 is 14.7 Å². The maximum absolute atomic E-state index is 12.0. The van der Waals surface area contributed by atoms with Gasteiger partial charge in [0.1, 0.15) is 5.70 Å². The Kier molecular flexibility index (Phi) is 4.90. The van der Waals surface area contributed by atoms with Crippen LogP contribution in [0.4, 0.5) is 0 Å². The van der Waals surface area contributed by atoms with Crippen LogP contribution in [0.25, 0.3) is 6.08 Å². The molecule has 0 aromatic heterocycles. The number of benzene rings is 2. The molecule has 2 N–H and O–H groups in total. The lowest BCUT2D eigenvalue weighted by atomic mass is 10.1. The summed E-state index contributed by atoms with van der Waals surface area (Å²) in [5.41, 5.74) is 0.899. The van der Waals surface area contributed by atoms with Gasteiger partial charge in [-0.25, -0.2) is 4.79 Å². The van der Waals surface area contributed by atoms with Gasteiger partial charge in [0.25, 0.3) is 5.91 Å². The van der Waals surface area contributed by atoms with Gasteiger partial charge in [0.05, 0.1) is 0 Å². The summed E-state index contributed by atoms with van der Waals surface area (Å²) in [6.45, 7) is 0. The minimum absolute atomic E-state index is 0.179. The fraction of sp³-hybridized carbons (Fsp3) is 0. The molecule has 0 atom stereocenters. The molecule has 0 saturated heterocycles. The number of hydrogen-bond donors (Lipinski definition) is 2. The van der Waals surface area contributed by atoms with Crippen LogP contribution < -0.4 is 5.32 Å². The molecule has 2 rings (SSSR count). The highest BCUT2D eigenvalue weighted by Crippen LogP contribution is 2.14. The van der Waals surface area contributed by atoms with Crippen LogP contribution in [0.15, 0.2) is 64.8 Å². The second-order valence-corrected chi connectivity index (χ2v) is 5.15. The van der Waals surface area contributed by atoms with Crippen molar-refractivity contribution in [3.8, 4) is 0 Å². The molecule has 2 aromatic rings. The van der Waals surface area contributed by atoms with Crippen LogP contribution in [-0.2, 0) is 4.79 Å². The van der Waals surface area contributed by atoms with E-state index in [0.717, 1.165) is 4.47 Å². The van der Waals surface area contributed by atoms with Crippen molar-refractivity contribution in [1.82, 2.24) is 5.32 Å². The van der Waals surface area contributed by atoms with E-state index in [0.29, 0.717) is 11.1 Å². The molecule has 5 heteroatoms. The molecule has 1 amide bonds. The average molecular weight is 346 g/mol. The van der Waals surface area contributed by atoms with Crippen LogP contribution in [0.5, 0.6) is 0 Å². The predicted octanol–water partition coefficient (Wildman–Crippen LogP) is 3.30. The Bertz CT molecular complexity index is 696. The lowest BCUT2D eigenvalue weighted by molar-refractivity contribution is -0.132. The number of aliphatic carboxylic acids is 1. The third-order valence-corrected chi connectivity index (χ3v) is 3.17. The van der Waals surface area contributed by atoms with E-state index < -0.39 is 11.9 Å². The Balaban J connectivity index is 2.24. The summed E-state index contributed by atoms with van der Waals surface area (Å²) in [5.74, 6) is -1.65. The molecular formula is C16H12BrNO3. The number of hydrogen-bond acceptors (Lipinski definition) is 2. The third kappa shape index (κ3) is 4.29. The number of rotatable bonds is 4. The van der Waals surface area contributed by atoms with Crippen molar-refractivity contribution >= 4 is 33.9 Å². The van der Waals surface area contributed by atoms with Gasteiger partial charge in [0.15, 0.2) is 0 Å². The zero-order valence-electron chi connectivity index (χ0n) is 10.9. The second-order valence-electron chi connectivity index (χ2n) is 4.24. The molecule has 0 bridgehead atoms. The lowest BCUT2D eigenvalue weighted by Gasteiger charge is -2.06.